The summed E-state index contributed by atoms with van der Waals surface area (Å²) >= 11 is 5.89. The topological polar surface area (TPSA) is 56.7 Å². The first kappa shape index (κ1) is 14.1. The van der Waals surface area contributed by atoms with Crippen LogP contribution in [0.15, 0.2) is 12.1 Å². The number of anilines is 1. The number of likely N-dealkylation sites (tertiary alicyclic amines) is 1. The van der Waals surface area contributed by atoms with Crippen LogP contribution in [0.2, 0.25) is 5.15 Å². The van der Waals surface area contributed by atoms with E-state index >= 15 is 0 Å². The second-order valence-electron chi connectivity index (χ2n) is 4.96. The van der Waals surface area contributed by atoms with Crippen LogP contribution in [-0.4, -0.2) is 54.2 Å². The van der Waals surface area contributed by atoms with Crippen LogP contribution in [0.25, 0.3) is 0 Å². The Hall–Kier alpha value is -1.33. The SMILES string of the molecule is CN1CCC(N(C)c2nc(Cl)ccc2C(=O)O)CC1. The third-order valence-electron chi connectivity index (χ3n) is 3.64. The summed E-state index contributed by atoms with van der Waals surface area (Å²) in [5.74, 6) is -0.520. The normalized spacial score (nSPS) is 17.4. The number of pyridine rings is 1. The molecule has 2 heterocycles. The highest BCUT2D eigenvalue weighted by Gasteiger charge is 2.25. The Morgan fingerprint density at radius 2 is 2.11 bits per heavy atom. The molecule has 1 aromatic heterocycles. The molecule has 2 rings (SSSR count). The molecule has 1 aliphatic heterocycles. The van der Waals surface area contributed by atoms with Crippen molar-refractivity contribution >= 4 is 23.4 Å². The van der Waals surface area contributed by atoms with E-state index in [0.29, 0.717) is 17.0 Å². The van der Waals surface area contributed by atoms with Gasteiger partial charge in [0.2, 0.25) is 0 Å². The number of piperidine rings is 1. The number of hydrogen-bond donors (Lipinski definition) is 1. The summed E-state index contributed by atoms with van der Waals surface area (Å²) in [6.45, 7) is 2.02. The molecule has 0 aromatic carbocycles. The maximum absolute atomic E-state index is 11.3. The summed E-state index contributed by atoms with van der Waals surface area (Å²) < 4.78 is 0. The van der Waals surface area contributed by atoms with E-state index in [0.717, 1.165) is 25.9 Å². The second-order valence-corrected chi connectivity index (χ2v) is 5.34. The number of carboxylic acids is 1. The first-order chi connectivity index (χ1) is 8.99. The summed E-state index contributed by atoms with van der Waals surface area (Å²) in [5.41, 5.74) is 0.200. The van der Waals surface area contributed by atoms with E-state index < -0.39 is 5.97 Å². The summed E-state index contributed by atoms with van der Waals surface area (Å²) in [4.78, 5) is 19.7. The molecule has 5 nitrogen and oxygen atoms in total. The van der Waals surface area contributed by atoms with Gasteiger partial charge in [-0.2, -0.15) is 0 Å². The second kappa shape index (κ2) is 5.75. The Morgan fingerprint density at radius 3 is 2.68 bits per heavy atom. The minimum Gasteiger partial charge on any atom is -0.478 e. The number of carbonyl (C=O) groups is 1. The van der Waals surface area contributed by atoms with Gasteiger partial charge in [0.15, 0.2) is 0 Å². The molecular weight excluding hydrogens is 266 g/mol. The quantitative estimate of drug-likeness (QED) is 0.860. The highest BCUT2D eigenvalue weighted by molar-refractivity contribution is 6.29. The van der Waals surface area contributed by atoms with Gasteiger partial charge in [0.05, 0.1) is 0 Å². The van der Waals surface area contributed by atoms with Gasteiger partial charge in [0.25, 0.3) is 0 Å². The minimum absolute atomic E-state index is 0.200. The number of halogens is 1. The fourth-order valence-electron chi connectivity index (χ4n) is 2.42. The Labute approximate surface area is 117 Å². The molecule has 0 amide bonds. The van der Waals surface area contributed by atoms with E-state index in [1.807, 2.05) is 11.9 Å². The van der Waals surface area contributed by atoms with Crippen molar-refractivity contribution in [3.63, 3.8) is 0 Å². The van der Waals surface area contributed by atoms with E-state index in [1.165, 1.54) is 12.1 Å². The average molecular weight is 284 g/mol. The van der Waals surface area contributed by atoms with Gasteiger partial charge in [-0.3, -0.25) is 0 Å². The predicted octanol–water partition coefficient (Wildman–Crippen LogP) is 1.96. The molecular formula is C13H18ClN3O2. The number of aromatic nitrogens is 1. The summed E-state index contributed by atoms with van der Waals surface area (Å²) in [6.07, 6.45) is 2.00. The lowest BCUT2D eigenvalue weighted by molar-refractivity contribution is 0.0697. The molecule has 0 bridgehead atoms. The van der Waals surface area contributed by atoms with Crippen molar-refractivity contribution in [1.82, 2.24) is 9.88 Å². The number of hydrogen-bond acceptors (Lipinski definition) is 4. The van der Waals surface area contributed by atoms with Crippen LogP contribution < -0.4 is 4.90 Å². The van der Waals surface area contributed by atoms with Crippen LogP contribution in [0, 0.1) is 0 Å². The Kier molecular flexibility index (Phi) is 4.27. The van der Waals surface area contributed by atoms with Crippen molar-refractivity contribution < 1.29 is 9.90 Å². The monoisotopic (exact) mass is 283 g/mol. The Balaban J connectivity index is 2.25. The van der Waals surface area contributed by atoms with Gasteiger partial charge in [0, 0.05) is 13.1 Å². The molecule has 1 aliphatic rings. The van der Waals surface area contributed by atoms with Gasteiger partial charge in [-0.05, 0) is 45.1 Å². The molecule has 6 heteroatoms. The third kappa shape index (κ3) is 3.16. The summed E-state index contributed by atoms with van der Waals surface area (Å²) in [6, 6.07) is 3.33. The first-order valence-electron chi connectivity index (χ1n) is 6.30. The highest BCUT2D eigenvalue weighted by atomic mass is 35.5. The molecule has 1 saturated heterocycles. The Morgan fingerprint density at radius 1 is 1.47 bits per heavy atom. The van der Waals surface area contributed by atoms with Gasteiger partial charge in [-0.25, -0.2) is 9.78 Å². The zero-order valence-corrected chi connectivity index (χ0v) is 11.9. The minimum atomic E-state index is -0.973. The largest absolute Gasteiger partial charge is 0.478 e. The van der Waals surface area contributed by atoms with Crippen molar-refractivity contribution in [1.29, 1.82) is 0 Å². The molecule has 0 atom stereocenters. The van der Waals surface area contributed by atoms with Crippen molar-refractivity contribution in [3.8, 4) is 0 Å². The lowest BCUT2D eigenvalue weighted by atomic mass is 10.0. The van der Waals surface area contributed by atoms with E-state index in [2.05, 4.69) is 16.9 Å². The fourth-order valence-corrected chi connectivity index (χ4v) is 2.56. The summed E-state index contributed by atoms with van der Waals surface area (Å²) in [5, 5.41) is 9.55. The molecule has 0 unspecified atom stereocenters. The maximum Gasteiger partial charge on any atom is 0.339 e. The van der Waals surface area contributed by atoms with E-state index in [9.17, 15) is 9.90 Å². The first-order valence-corrected chi connectivity index (χ1v) is 6.68. The molecule has 0 aliphatic carbocycles. The maximum atomic E-state index is 11.3. The van der Waals surface area contributed by atoms with Gasteiger partial charge in [0.1, 0.15) is 16.5 Å². The van der Waals surface area contributed by atoms with Crippen molar-refractivity contribution in [2.75, 3.05) is 32.1 Å². The molecule has 104 valence electrons. The fraction of sp³-hybridized carbons (Fsp3) is 0.538. The van der Waals surface area contributed by atoms with E-state index in [4.69, 9.17) is 11.6 Å². The molecule has 0 radical (unpaired) electrons. The average Bonchev–Trinajstić information content (AvgIpc) is 2.38. The molecule has 1 fully saturated rings. The number of rotatable bonds is 3. The van der Waals surface area contributed by atoms with Gasteiger partial charge in [-0.15, -0.1) is 0 Å². The van der Waals surface area contributed by atoms with E-state index in [1.54, 1.807) is 0 Å². The Bertz CT molecular complexity index is 473. The molecule has 1 aromatic rings. The molecule has 1 N–H and O–H groups in total. The zero-order chi connectivity index (χ0) is 14.0. The highest BCUT2D eigenvalue weighted by Crippen LogP contribution is 2.25. The van der Waals surface area contributed by atoms with Crippen LogP contribution in [0.3, 0.4) is 0 Å². The van der Waals surface area contributed by atoms with E-state index in [-0.39, 0.29) is 5.56 Å². The molecule has 19 heavy (non-hydrogen) atoms. The number of aromatic carboxylic acids is 1. The zero-order valence-electron chi connectivity index (χ0n) is 11.1. The smallest absolute Gasteiger partial charge is 0.339 e. The third-order valence-corrected chi connectivity index (χ3v) is 3.85. The number of carboxylic acid groups (broad SMARTS) is 1. The van der Waals surface area contributed by atoms with Gasteiger partial charge < -0.3 is 14.9 Å². The molecule has 0 saturated carbocycles. The predicted molar refractivity (Wildman–Crippen MR) is 75.1 cm³/mol. The summed E-state index contributed by atoms with van der Waals surface area (Å²) in [7, 11) is 3.98. The lowest BCUT2D eigenvalue weighted by Gasteiger charge is -2.36. The van der Waals surface area contributed by atoms with Gasteiger partial charge >= 0.3 is 5.97 Å². The van der Waals surface area contributed by atoms with Crippen LogP contribution in [0.5, 0.6) is 0 Å². The van der Waals surface area contributed by atoms with Crippen LogP contribution in [-0.2, 0) is 0 Å². The van der Waals surface area contributed by atoms with Crippen molar-refractivity contribution in [3.05, 3.63) is 22.8 Å². The van der Waals surface area contributed by atoms with Gasteiger partial charge in [-0.1, -0.05) is 11.6 Å². The number of nitrogens with zero attached hydrogens (tertiary/aromatic N) is 3. The van der Waals surface area contributed by atoms with Crippen molar-refractivity contribution in [2.24, 2.45) is 0 Å². The van der Waals surface area contributed by atoms with Crippen LogP contribution in [0.4, 0.5) is 5.82 Å². The van der Waals surface area contributed by atoms with Crippen molar-refractivity contribution in [2.45, 2.75) is 18.9 Å². The lowest BCUT2D eigenvalue weighted by Crippen LogP contribution is -2.42. The van der Waals surface area contributed by atoms with Crippen LogP contribution in [0.1, 0.15) is 23.2 Å². The van der Waals surface area contributed by atoms with Crippen LogP contribution >= 0.6 is 11.6 Å². The molecule has 0 spiro atoms. The standard InChI is InChI=1S/C13H18ClN3O2/c1-16-7-5-9(6-8-16)17(2)12-10(13(18)19)3-4-11(14)15-12/h3-4,9H,5-8H2,1-2H3,(H,18,19).